The maximum atomic E-state index is 11.8. The van der Waals surface area contributed by atoms with Gasteiger partial charge in [0.05, 0.1) is 12.0 Å². The minimum Gasteiger partial charge on any atom is -0.403 e. The molecule has 2 heterocycles. The van der Waals surface area contributed by atoms with E-state index in [1.54, 1.807) is 36.5 Å². The van der Waals surface area contributed by atoms with Crippen LogP contribution in [0.15, 0.2) is 60.8 Å². The van der Waals surface area contributed by atoms with Crippen molar-refractivity contribution in [2.45, 2.75) is 10.8 Å². The summed E-state index contributed by atoms with van der Waals surface area (Å²) in [7, 11) is 23.6. The standard InChI is InChI=1S/C22H18B4N6O2/c23-21(24)11-32(12-22(25,26)34-21)17-7-5-16(6-8-17)30-20-28-10-9-18(31-20)14-1-3-15(4-2-14)19(33)29-13-27/h1-10,13H,11-12H2,(H2,27,29,33)(H,28,30,31). The van der Waals surface area contributed by atoms with Crippen LogP contribution in [-0.4, -0.2) is 77.5 Å². The third-order valence-corrected chi connectivity index (χ3v) is 5.05. The summed E-state index contributed by atoms with van der Waals surface area (Å²) in [6, 6.07) is 16.2. The minimum atomic E-state index is -1.46. The maximum absolute atomic E-state index is 11.8. The first-order valence-corrected chi connectivity index (χ1v) is 10.4. The lowest BCUT2D eigenvalue weighted by atomic mass is 9.57. The van der Waals surface area contributed by atoms with Crippen LogP contribution in [0.4, 0.5) is 17.3 Å². The molecule has 34 heavy (non-hydrogen) atoms. The Morgan fingerprint density at radius 3 is 2.26 bits per heavy atom. The van der Waals surface area contributed by atoms with Gasteiger partial charge in [0.25, 0.3) is 5.91 Å². The van der Waals surface area contributed by atoms with Crippen molar-refractivity contribution in [2.24, 2.45) is 0 Å². The molecule has 0 bridgehead atoms. The zero-order chi connectivity index (χ0) is 24.3. The largest absolute Gasteiger partial charge is 0.403 e. The number of carbonyl (C=O) groups excluding carboxylic acids is 1. The molecule has 1 aromatic heterocycles. The summed E-state index contributed by atoms with van der Waals surface area (Å²) in [5, 5.41) is 9.53. The minimum absolute atomic E-state index is 0.225. The lowest BCUT2D eigenvalue weighted by Crippen LogP contribution is -2.63. The van der Waals surface area contributed by atoms with Gasteiger partial charge >= 0.3 is 0 Å². The Kier molecular flexibility index (Phi) is 6.52. The second-order valence-corrected chi connectivity index (χ2v) is 8.00. The van der Waals surface area contributed by atoms with Crippen molar-refractivity contribution in [2.75, 3.05) is 23.3 Å². The summed E-state index contributed by atoms with van der Waals surface area (Å²) in [4.78, 5) is 22.5. The van der Waals surface area contributed by atoms with E-state index in [9.17, 15) is 4.79 Å². The van der Waals surface area contributed by atoms with Crippen LogP contribution in [0.5, 0.6) is 0 Å². The maximum Gasteiger partial charge on any atom is 0.256 e. The van der Waals surface area contributed by atoms with Crippen molar-refractivity contribution in [1.82, 2.24) is 15.3 Å². The van der Waals surface area contributed by atoms with E-state index < -0.39 is 10.8 Å². The van der Waals surface area contributed by atoms with E-state index in [0.717, 1.165) is 23.3 Å². The Balaban J connectivity index is 1.46. The molecule has 1 amide bonds. The Bertz CT molecular complexity index is 1170. The molecule has 4 rings (SSSR count). The van der Waals surface area contributed by atoms with E-state index in [1.165, 1.54) is 0 Å². The van der Waals surface area contributed by atoms with E-state index in [4.69, 9.17) is 41.5 Å². The highest BCUT2D eigenvalue weighted by molar-refractivity contribution is 6.43. The van der Waals surface area contributed by atoms with Crippen LogP contribution in [0, 0.1) is 5.41 Å². The SMILES string of the molecule is [B]C1([B])CN(c2ccc(Nc3nccc(-c4ccc(C(=O)NC=N)cc4)n3)cc2)CC([B])([B])O1. The summed E-state index contributed by atoms with van der Waals surface area (Å²) in [5.41, 5.74) is 3.55. The first-order chi connectivity index (χ1) is 16.1. The Labute approximate surface area is 203 Å². The molecular formula is C22H18B4N6O2. The lowest BCUT2D eigenvalue weighted by Gasteiger charge is -2.50. The van der Waals surface area contributed by atoms with Crippen LogP contribution < -0.4 is 15.5 Å². The first-order valence-electron chi connectivity index (χ1n) is 10.4. The van der Waals surface area contributed by atoms with Crippen molar-refractivity contribution < 1.29 is 9.53 Å². The third-order valence-electron chi connectivity index (χ3n) is 5.05. The number of nitrogens with zero attached hydrogens (tertiary/aromatic N) is 3. The molecule has 1 fully saturated rings. The fourth-order valence-electron chi connectivity index (χ4n) is 3.66. The summed E-state index contributed by atoms with van der Waals surface area (Å²) < 4.78 is 5.30. The van der Waals surface area contributed by atoms with Crippen molar-refractivity contribution in [3.8, 4) is 11.3 Å². The van der Waals surface area contributed by atoms with Crippen molar-refractivity contribution >= 4 is 61.0 Å². The number of amides is 1. The van der Waals surface area contributed by atoms with Gasteiger partial charge in [-0.3, -0.25) is 10.2 Å². The van der Waals surface area contributed by atoms with Crippen molar-refractivity contribution in [3.05, 3.63) is 66.4 Å². The van der Waals surface area contributed by atoms with Crippen LogP contribution in [0.25, 0.3) is 11.3 Å². The Morgan fingerprint density at radius 1 is 1.00 bits per heavy atom. The van der Waals surface area contributed by atoms with Gasteiger partial charge in [0, 0.05) is 52.6 Å². The zero-order valence-corrected chi connectivity index (χ0v) is 18.2. The average Bonchev–Trinajstić information content (AvgIpc) is 2.78. The number of ether oxygens (including phenoxy) is 1. The number of nitrogens with one attached hydrogen (secondary N) is 3. The molecule has 8 radical (unpaired) electrons. The van der Waals surface area contributed by atoms with Gasteiger partial charge in [-0.2, -0.15) is 0 Å². The number of rotatable bonds is 6. The van der Waals surface area contributed by atoms with Gasteiger partial charge < -0.3 is 20.3 Å². The number of carbonyl (C=O) groups is 1. The molecule has 160 valence electrons. The van der Waals surface area contributed by atoms with Gasteiger partial charge in [-0.25, -0.2) is 9.97 Å². The van der Waals surface area contributed by atoms with Crippen LogP contribution >= 0.6 is 0 Å². The topological polar surface area (TPSA) is 103 Å². The van der Waals surface area contributed by atoms with E-state index in [-0.39, 0.29) is 19.0 Å². The Hall–Kier alpha value is -3.52. The second kappa shape index (κ2) is 9.38. The number of anilines is 3. The molecule has 3 N–H and O–H groups in total. The van der Waals surface area contributed by atoms with Gasteiger partial charge in [0.2, 0.25) is 5.95 Å². The predicted molar refractivity (Wildman–Crippen MR) is 135 cm³/mol. The predicted octanol–water partition coefficient (Wildman–Crippen LogP) is 1.04. The molecule has 1 aliphatic rings. The lowest BCUT2D eigenvalue weighted by molar-refractivity contribution is 0.0113. The highest BCUT2D eigenvalue weighted by atomic mass is 16.5. The van der Waals surface area contributed by atoms with Crippen molar-refractivity contribution in [1.29, 1.82) is 5.41 Å². The number of hydrogen-bond donors (Lipinski definition) is 3. The van der Waals surface area contributed by atoms with E-state index >= 15 is 0 Å². The molecular weight excluding hydrogens is 424 g/mol. The molecule has 12 heteroatoms. The summed E-state index contributed by atoms with van der Waals surface area (Å²) in [6.45, 7) is 0.450. The monoisotopic (exact) mass is 442 g/mol. The fourth-order valence-corrected chi connectivity index (χ4v) is 3.66. The van der Waals surface area contributed by atoms with Gasteiger partial charge in [-0.05, 0) is 42.5 Å². The van der Waals surface area contributed by atoms with Gasteiger partial charge in [-0.1, -0.05) is 12.1 Å². The molecule has 0 unspecified atom stereocenters. The molecule has 1 saturated heterocycles. The van der Waals surface area contributed by atoms with Crippen molar-refractivity contribution in [3.63, 3.8) is 0 Å². The normalized spacial score (nSPS) is 16.4. The fraction of sp³-hybridized carbons (Fsp3) is 0.182. The van der Waals surface area contributed by atoms with Gasteiger partial charge in [0.15, 0.2) is 0 Å². The Morgan fingerprint density at radius 2 is 1.65 bits per heavy atom. The summed E-state index contributed by atoms with van der Waals surface area (Å²) in [6.07, 6.45) is 2.49. The number of aromatic nitrogens is 2. The molecule has 3 aromatic rings. The summed E-state index contributed by atoms with van der Waals surface area (Å²) in [5.74, 6) is 0.0625. The molecule has 0 spiro atoms. The molecule has 0 aliphatic carbocycles. The third kappa shape index (κ3) is 5.69. The quantitative estimate of drug-likeness (QED) is 0.300. The highest BCUT2D eigenvalue weighted by Gasteiger charge is 2.36. The number of benzene rings is 2. The molecule has 0 saturated carbocycles. The van der Waals surface area contributed by atoms with E-state index in [0.29, 0.717) is 17.2 Å². The van der Waals surface area contributed by atoms with E-state index in [2.05, 4.69) is 20.6 Å². The first kappa shape index (κ1) is 23.6. The van der Waals surface area contributed by atoms with Crippen LogP contribution in [0.3, 0.4) is 0 Å². The molecule has 2 aromatic carbocycles. The second-order valence-electron chi connectivity index (χ2n) is 8.00. The van der Waals surface area contributed by atoms with E-state index in [1.807, 2.05) is 29.2 Å². The zero-order valence-electron chi connectivity index (χ0n) is 18.2. The van der Waals surface area contributed by atoms with Crippen LogP contribution in [0.2, 0.25) is 0 Å². The average molecular weight is 442 g/mol. The molecule has 1 aliphatic heterocycles. The molecule has 8 nitrogen and oxygen atoms in total. The van der Waals surface area contributed by atoms with Gasteiger partial charge in [-0.15, -0.1) is 0 Å². The summed E-state index contributed by atoms with van der Waals surface area (Å²) >= 11 is 0. The number of morpholine rings is 1. The molecule has 0 atom stereocenters. The highest BCUT2D eigenvalue weighted by Crippen LogP contribution is 2.28. The van der Waals surface area contributed by atoms with Gasteiger partial charge in [0.1, 0.15) is 31.4 Å². The number of hydrogen-bond acceptors (Lipinski definition) is 7. The van der Waals surface area contributed by atoms with Crippen LogP contribution in [0.1, 0.15) is 10.4 Å². The van der Waals surface area contributed by atoms with Crippen LogP contribution in [-0.2, 0) is 4.74 Å². The smallest absolute Gasteiger partial charge is 0.256 e.